The van der Waals surface area contributed by atoms with Gasteiger partial charge in [0.05, 0.1) is 6.10 Å². The SMILES string of the molecule is COC1CC(Nc2ncns2)C1. The summed E-state index contributed by atoms with van der Waals surface area (Å²) in [5.74, 6) is 0. The molecule has 1 fully saturated rings. The molecule has 0 spiro atoms. The average Bonchev–Trinajstić information content (AvgIpc) is 2.47. The van der Waals surface area contributed by atoms with Crippen molar-refractivity contribution in [2.24, 2.45) is 0 Å². The van der Waals surface area contributed by atoms with Crippen molar-refractivity contribution in [1.29, 1.82) is 0 Å². The van der Waals surface area contributed by atoms with Gasteiger partial charge in [-0.05, 0) is 12.8 Å². The number of nitrogens with zero attached hydrogens (tertiary/aromatic N) is 2. The van der Waals surface area contributed by atoms with Crippen molar-refractivity contribution in [3.05, 3.63) is 6.33 Å². The maximum atomic E-state index is 5.16. The number of nitrogens with one attached hydrogen (secondary N) is 1. The molecule has 1 aliphatic rings. The predicted molar refractivity (Wildman–Crippen MR) is 47.4 cm³/mol. The fraction of sp³-hybridized carbons (Fsp3) is 0.714. The third kappa shape index (κ3) is 1.56. The van der Waals surface area contributed by atoms with Crippen molar-refractivity contribution in [3.8, 4) is 0 Å². The van der Waals surface area contributed by atoms with E-state index in [-0.39, 0.29) is 0 Å². The molecular formula is C7H11N3OS. The molecule has 0 atom stereocenters. The van der Waals surface area contributed by atoms with Crippen molar-refractivity contribution < 1.29 is 4.74 Å². The predicted octanol–water partition coefficient (Wildman–Crippen LogP) is 1.13. The first-order valence-electron chi connectivity index (χ1n) is 3.94. The Hall–Kier alpha value is -0.680. The Morgan fingerprint density at radius 3 is 3.08 bits per heavy atom. The summed E-state index contributed by atoms with van der Waals surface area (Å²) in [7, 11) is 1.76. The minimum Gasteiger partial charge on any atom is -0.381 e. The quantitative estimate of drug-likeness (QED) is 0.766. The van der Waals surface area contributed by atoms with Gasteiger partial charge >= 0.3 is 0 Å². The number of hydrogen-bond acceptors (Lipinski definition) is 5. The van der Waals surface area contributed by atoms with E-state index in [2.05, 4.69) is 14.7 Å². The third-order valence-corrected chi connectivity index (χ3v) is 2.71. The third-order valence-electron chi connectivity index (χ3n) is 2.12. The Kier molecular flexibility index (Phi) is 2.23. The number of ether oxygens (including phenoxy) is 1. The van der Waals surface area contributed by atoms with Gasteiger partial charge in [0.1, 0.15) is 6.33 Å². The Labute approximate surface area is 75.1 Å². The minimum atomic E-state index is 0.440. The highest BCUT2D eigenvalue weighted by atomic mass is 32.1. The van der Waals surface area contributed by atoms with E-state index in [1.165, 1.54) is 11.5 Å². The lowest BCUT2D eigenvalue weighted by molar-refractivity contribution is 0.0329. The van der Waals surface area contributed by atoms with Gasteiger partial charge < -0.3 is 10.1 Å². The zero-order chi connectivity index (χ0) is 8.39. The molecule has 12 heavy (non-hydrogen) atoms. The molecule has 1 aromatic rings. The van der Waals surface area contributed by atoms with E-state index in [4.69, 9.17) is 4.74 Å². The lowest BCUT2D eigenvalue weighted by Gasteiger charge is -2.34. The number of hydrogen-bond donors (Lipinski definition) is 1. The summed E-state index contributed by atoms with van der Waals surface area (Å²) in [6, 6.07) is 0.530. The molecular weight excluding hydrogens is 174 g/mol. The summed E-state index contributed by atoms with van der Waals surface area (Å²) >= 11 is 1.40. The molecule has 1 N–H and O–H groups in total. The standard InChI is InChI=1S/C7H11N3OS/c1-11-6-2-5(3-6)10-7-8-4-9-12-7/h4-6H,2-3H2,1H3,(H,8,9,10). The molecule has 0 unspecified atom stereocenters. The normalized spacial score (nSPS) is 28.1. The van der Waals surface area contributed by atoms with E-state index in [0.29, 0.717) is 12.1 Å². The highest BCUT2D eigenvalue weighted by Crippen LogP contribution is 2.26. The van der Waals surface area contributed by atoms with E-state index < -0.39 is 0 Å². The molecule has 1 saturated carbocycles. The van der Waals surface area contributed by atoms with E-state index in [9.17, 15) is 0 Å². The molecule has 0 aliphatic heterocycles. The van der Waals surface area contributed by atoms with Gasteiger partial charge in [0.2, 0.25) is 5.13 Å². The molecule has 4 nitrogen and oxygen atoms in total. The maximum Gasteiger partial charge on any atom is 0.202 e. The number of anilines is 1. The zero-order valence-corrected chi connectivity index (χ0v) is 7.67. The van der Waals surface area contributed by atoms with E-state index in [1.54, 1.807) is 13.4 Å². The lowest BCUT2D eigenvalue weighted by Crippen LogP contribution is -2.40. The molecule has 1 heterocycles. The number of rotatable bonds is 3. The summed E-state index contributed by atoms with van der Waals surface area (Å²) < 4.78 is 9.07. The van der Waals surface area contributed by atoms with Crippen LogP contribution >= 0.6 is 11.5 Å². The van der Waals surface area contributed by atoms with E-state index in [0.717, 1.165) is 18.0 Å². The fourth-order valence-electron chi connectivity index (χ4n) is 1.29. The van der Waals surface area contributed by atoms with Crippen LogP contribution in [0.4, 0.5) is 5.13 Å². The second-order valence-electron chi connectivity index (χ2n) is 2.92. The van der Waals surface area contributed by atoms with Crippen LogP contribution in [0.1, 0.15) is 12.8 Å². The second kappa shape index (κ2) is 3.37. The van der Waals surface area contributed by atoms with Crippen LogP contribution in [-0.4, -0.2) is 28.6 Å². The molecule has 0 amide bonds. The number of methoxy groups -OCH3 is 1. The summed E-state index contributed by atoms with van der Waals surface area (Å²) in [6.45, 7) is 0. The molecule has 0 bridgehead atoms. The van der Waals surface area contributed by atoms with Crippen molar-refractivity contribution >= 4 is 16.7 Å². The van der Waals surface area contributed by atoms with Gasteiger partial charge in [0.15, 0.2) is 0 Å². The lowest BCUT2D eigenvalue weighted by atomic mass is 9.89. The van der Waals surface area contributed by atoms with Gasteiger partial charge in [-0.15, -0.1) is 0 Å². The van der Waals surface area contributed by atoms with E-state index in [1.807, 2.05) is 0 Å². The van der Waals surface area contributed by atoms with Crippen LogP contribution in [0.2, 0.25) is 0 Å². The first kappa shape index (κ1) is 7.94. The van der Waals surface area contributed by atoms with Gasteiger partial charge in [-0.3, -0.25) is 0 Å². The second-order valence-corrected chi connectivity index (χ2v) is 3.70. The highest BCUT2D eigenvalue weighted by Gasteiger charge is 2.29. The van der Waals surface area contributed by atoms with Crippen LogP contribution in [0.3, 0.4) is 0 Å². The van der Waals surface area contributed by atoms with Crippen LogP contribution in [0.25, 0.3) is 0 Å². The Bertz CT molecular complexity index is 233. The van der Waals surface area contributed by atoms with E-state index >= 15 is 0 Å². The molecule has 66 valence electrons. The smallest absolute Gasteiger partial charge is 0.202 e. The first-order valence-corrected chi connectivity index (χ1v) is 4.72. The summed E-state index contributed by atoms with van der Waals surface area (Å²) in [5.41, 5.74) is 0. The largest absolute Gasteiger partial charge is 0.381 e. The summed E-state index contributed by atoms with van der Waals surface area (Å²) in [4.78, 5) is 4.04. The highest BCUT2D eigenvalue weighted by molar-refractivity contribution is 7.09. The zero-order valence-electron chi connectivity index (χ0n) is 6.86. The van der Waals surface area contributed by atoms with Crippen LogP contribution in [0.5, 0.6) is 0 Å². The summed E-state index contributed by atoms with van der Waals surface area (Å²) in [6.07, 6.45) is 4.17. The molecule has 1 aromatic heterocycles. The first-order chi connectivity index (χ1) is 5.88. The maximum absolute atomic E-state index is 5.16. The minimum absolute atomic E-state index is 0.440. The molecule has 1 aliphatic carbocycles. The molecule has 0 radical (unpaired) electrons. The topological polar surface area (TPSA) is 47.0 Å². The van der Waals surface area contributed by atoms with Gasteiger partial charge in [-0.1, -0.05) is 0 Å². The Morgan fingerprint density at radius 1 is 1.67 bits per heavy atom. The average molecular weight is 185 g/mol. The Balaban J connectivity index is 1.77. The van der Waals surface area contributed by atoms with Crippen molar-refractivity contribution in [2.75, 3.05) is 12.4 Å². The van der Waals surface area contributed by atoms with Crippen molar-refractivity contribution in [3.63, 3.8) is 0 Å². The molecule has 2 rings (SSSR count). The van der Waals surface area contributed by atoms with Crippen LogP contribution in [0, 0.1) is 0 Å². The van der Waals surface area contributed by atoms with Gasteiger partial charge in [0, 0.05) is 24.7 Å². The van der Waals surface area contributed by atoms with Crippen molar-refractivity contribution in [2.45, 2.75) is 25.0 Å². The van der Waals surface area contributed by atoms with Gasteiger partial charge in [0.25, 0.3) is 0 Å². The van der Waals surface area contributed by atoms with Gasteiger partial charge in [-0.2, -0.15) is 4.37 Å². The Morgan fingerprint density at radius 2 is 2.50 bits per heavy atom. The number of aromatic nitrogens is 2. The summed E-state index contributed by atoms with van der Waals surface area (Å²) in [5, 5.41) is 4.20. The van der Waals surface area contributed by atoms with Crippen LogP contribution in [-0.2, 0) is 4.74 Å². The monoisotopic (exact) mass is 185 g/mol. The molecule has 0 aromatic carbocycles. The van der Waals surface area contributed by atoms with Crippen molar-refractivity contribution in [1.82, 2.24) is 9.36 Å². The van der Waals surface area contributed by atoms with Crippen LogP contribution in [0.15, 0.2) is 6.33 Å². The molecule has 5 heteroatoms. The molecule has 0 saturated heterocycles. The van der Waals surface area contributed by atoms with Gasteiger partial charge in [-0.25, -0.2) is 4.98 Å². The fourth-order valence-corrected chi connectivity index (χ4v) is 1.80. The van der Waals surface area contributed by atoms with Crippen LogP contribution < -0.4 is 5.32 Å².